The van der Waals surface area contributed by atoms with Crippen molar-refractivity contribution in [3.8, 4) is 5.69 Å². The molecule has 3 aromatic rings. The normalized spacial score (nSPS) is 11.0. The fourth-order valence-corrected chi connectivity index (χ4v) is 3.76. The lowest BCUT2D eigenvalue weighted by Crippen LogP contribution is -2.32. The van der Waals surface area contributed by atoms with Crippen LogP contribution >= 0.6 is 0 Å². The van der Waals surface area contributed by atoms with Gasteiger partial charge in [-0.25, -0.2) is 4.68 Å². The summed E-state index contributed by atoms with van der Waals surface area (Å²) in [5, 5.41) is 4.98. The Kier molecular flexibility index (Phi) is 6.93. The standard InChI is InChI=1S/C25H32N4O/c1-6-17-28(25(30)20-13-9-7-10-14-20)18-22-23(19(2)3)26-29(24(22)27(4)5)21-15-11-8-12-16-21/h7-16,19H,6,17-18H2,1-5H3. The molecule has 0 atom stereocenters. The molecule has 0 aliphatic rings. The third kappa shape index (κ3) is 4.56. The van der Waals surface area contributed by atoms with E-state index in [-0.39, 0.29) is 11.8 Å². The molecule has 0 radical (unpaired) electrons. The second-order valence-corrected chi connectivity index (χ2v) is 8.08. The average molecular weight is 405 g/mol. The second kappa shape index (κ2) is 9.61. The zero-order chi connectivity index (χ0) is 21.7. The molecule has 0 aliphatic carbocycles. The van der Waals surface area contributed by atoms with Gasteiger partial charge in [0.25, 0.3) is 5.91 Å². The molecule has 0 fully saturated rings. The Balaban J connectivity index is 2.08. The molecule has 0 bridgehead atoms. The number of aromatic nitrogens is 2. The zero-order valence-electron chi connectivity index (χ0n) is 18.7. The summed E-state index contributed by atoms with van der Waals surface area (Å²) < 4.78 is 2.00. The molecule has 0 spiro atoms. The van der Waals surface area contributed by atoms with Gasteiger partial charge in [-0.15, -0.1) is 0 Å². The first-order valence-electron chi connectivity index (χ1n) is 10.6. The number of rotatable bonds is 8. The Morgan fingerprint density at radius 1 is 1.00 bits per heavy atom. The first kappa shape index (κ1) is 21.6. The van der Waals surface area contributed by atoms with Crippen LogP contribution in [0.2, 0.25) is 0 Å². The van der Waals surface area contributed by atoms with Gasteiger partial charge < -0.3 is 9.80 Å². The lowest BCUT2D eigenvalue weighted by atomic mass is 10.0. The van der Waals surface area contributed by atoms with Crippen molar-refractivity contribution >= 4 is 11.7 Å². The van der Waals surface area contributed by atoms with Gasteiger partial charge in [0, 0.05) is 31.8 Å². The predicted molar refractivity (Wildman–Crippen MR) is 123 cm³/mol. The van der Waals surface area contributed by atoms with Crippen molar-refractivity contribution in [3.63, 3.8) is 0 Å². The van der Waals surface area contributed by atoms with Gasteiger partial charge in [0.1, 0.15) is 5.82 Å². The third-order valence-electron chi connectivity index (χ3n) is 5.11. The molecule has 0 saturated heterocycles. The molecule has 0 aliphatic heterocycles. The van der Waals surface area contributed by atoms with Crippen LogP contribution in [-0.4, -0.2) is 41.2 Å². The Labute approximate surface area is 179 Å². The molecule has 2 aromatic carbocycles. The van der Waals surface area contributed by atoms with Gasteiger partial charge >= 0.3 is 0 Å². The van der Waals surface area contributed by atoms with Crippen molar-refractivity contribution in [2.24, 2.45) is 0 Å². The molecule has 0 saturated carbocycles. The van der Waals surface area contributed by atoms with Crippen LogP contribution in [0.25, 0.3) is 5.69 Å². The monoisotopic (exact) mass is 404 g/mol. The van der Waals surface area contributed by atoms with E-state index in [0.717, 1.165) is 34.7 Å². The number of anilines is 1. The lowest BCUT2D eigenvalue weighted by molar-refractivity contribution is 0.0743. The summed E-state index contributed by atoms with van der Waals surface area (Å²) in [7, 11) is 4.07. The highest BCUT2D eigenvalue weighted by Crippen LogP contribution is 2.32. The van der Waals surface area contributed by atoms with Crippen LogP contribution in [0.1, 0.15) is 54.7 Å². The van der Waals surface area contributed by atoms with E-state index in [2.05, 4.69) is 37.8 Å². The van der Waals surface area contributed by atoms with E-state index < -0.39 is 0 Å². The predicted octanol–water partition coefficient (Wildman–Crippen LogP) is 5.11. The van der Waals surface area contributed by atoms with E-state index in [1.165, 1.54) is 0 Å². The van der Waals surface area contributed by atoms with E-state index >= 15 is 0 Å². The maximum atomic E-state index is 13.3. The lowest BCUT2D eigenvalue weighted by Gasteiger charge is -2.25. The molecular formula is C25H32N4O. The number of carbonyl (C=O) groups is 1. The summed E-state index contributed by atoms with van der Waals surface area (Å²) in [6.45, 7) is 7.66. The fourth-order valence-electron chi connectivity index (χ4n) is 3.76. The zero-order valence-corrected chi connectivity index (χ0v) is 18.7. The molecule has 5 heteroatoms. The highest BCUT2D eigenvalue weighted by molar-refractivity contribution is 5.94. The first-order chi connectivity index (χ1) is 14.4. The number of carbonyl (C=O) groups excluding carboxylic acids is 1. The Morgan fingerprint density at radius 2 is 1.60 bits per heavy atom. The summed E-state index contributed by atoms with van der Waals surface area (Å²) >= 11 is 0. The van der Waals surface area contributed by atoms with Crippen molar-refractivity contribution in [1.29, 1.82) is 0 Å². The summed E-state index contributed by atoms with van der Waals surface area (Å²) in [5.74, 6) is 1.33. The van der Waals surface area contributed by atoms with E-state index in [0.29, 0.717) is 13.1 Å². The molecule has 3 rings (SSSR count). The average Bonchev–Trinajstić information content (AvgIpc) is 3.14. The maximum Gasteiger partial charge on any atom is 0.254 e. The molecule has 0 N–H and O–H groups in total. The van der Waals surface area contributed by atoms with E-state index in [1.807, 2.05) is 72.2 Å². The second-order valence-electron chi connectivity index (χ2n) is 8.08. The largest absolute Gasteiger partial charge is 0.362 e. The number of benzene rings is 2. The minimum Gasteiger partial charge on any atom is -0.362 e. The van der Waals surface area contributed by atoms with E-state index in [4.69, 9.17) is 5.10 Å². The molecule has 5 nitrogen and oxygen atoms in total. The van der Waals surface area contributed by atoms with Crippen LogP contribution in [0.5, 0.6) is 0 Å². The van der Waals surface area contributed by atoms with Crippen LogP contribution in [0.4, 0.5) is 5.82 Å². The number of para-hydroxylation sites is 1. The van der Waals surface area contributed by atoms with Crippen molar-refractivity contribution in [2.45, 2.75) is 39.7 Å². The van der Waals surface area contributed by atoms with Gasteiger partial charge in [0.05, 0.1) is 17.9 Å². The number of amides is 1. The van der Waals surface area contributed by atoms with Gasteiger partial charge in [-0.2, -0.15) is 5.10 Å². The Hall–Kier alpha value is -3.08. The number of hydrogen-bond acceptors (Lipinski definition) is 3. The van der Waals surface area contributed by atoms with E-state index in [9.17, 15) is 4.79 Å². The first-order valence-corrected chi connectivity index (χ1v) is 10.6. The van der Waals surface area contributed by atoms with Crippen LogP contribution < -0.4 is 4.90 Å². The quantitative estimate of drug-likeness (QED) is 0.524. The van der Waals surface area contributed by atoms with E-state index in [1.54, 1.807) is 0 Å². The van der Waals surface area contributed by atoms with Crippen molar-refractivity contribution in [3.05, 3.63) is 77.5 Å². The highest BCUT2D eigenvalue weighted by atomic mass is 16.2. The third-order valence-corrected chi connectivity index (χ3v) is 5.11. The molecule has 158 valence electrons. The maximum absolute atomic E-state index is 13.3. The summed E-state index contributed by atoms with van der Waals surface area (Å²) in [4.78, 5) is 17.3. The molecule has 0 unspecified atom stereocenters. The Morgan fingerprint density at radius 3 is 2.13 bits per heavy atom. The number of nitrogens with zero attached hydrogens (tertiary/aromatic N) is 4. The van der Waals surface area contributed by atoms with Crippen LogP contribution in [0.3, 0.4) is 0 Å². The Bertz CT molecular complexity index is 962. The number of hydrogen-bond donors (Lipinski definition) is 0. The van der Waals surface area contributed by atoms with Crippen LogP contribution in [0.15, 0.2) is 60.7 Å². The fraction of sp³-hybridized carbons (Fsp3) is 0.360. The minimum absolute atomic E-state index is 0.0596. The summed E-state index contributed by atoms with van der Waals surface area (Å²) in [6.07, 6.45) is 0.902. The summed E-state index contributed by atoms with van der Waals surface area (Å²) in [5.41, 5.74) is 3.88. The van der Waals surface area contributed by atoms with Crippen molar-refractivity contribution in [1.82, 2.24) is 14.7 Å². The van der Waals surface area contributed by atoms with Crippen molar-refractivity contribution in [2.75, 3.05) is 25.5 Å². The van der Waals surface area contributed by atoms with Gasteiger partial charge in [-0.1, -0.05) is 57.2 Å². The topological polar surface area (TPSA) is 41.4 Å². The molecule has 1 heterocycles. The minimum atomic E-state index is 0.0596. The SMILES string of the molecule is CCCN(Cc1c(C(C)C)nn(-c2ccccc2)c1N(C)C)C(=O)c1ccccc1. The van der Waals surface area contributed by atoms with Crippen LogP contribution in [0, 0.1) is 0 Å². The highest BCUT2D eigenvalue weighted by Gasteiger charge is 2.26. The summed E-state index contributed by atoms with van der Waals surface area (Å²) in [6, 6.07) is 19.7. The van der Waals surface area contributed by atoms with Gasteiger partial charge in [0.15, 0.2) is 0 Å². The van der Waals surface area contributed by atoms with Gasteiger partial charge in [-0.3, -0.25) is 4.79 Å². The van der Waals surface area contributed by atoms with Gasteiger partial charge in [-0.05, 0) is 36.6 Å². The molecule has 1 aromatic heterocycles. The molecular weight excluding hydrogens is 372 g/mol. The van der Waals surface area contributed by atoms with Gasteiger partial charge in [0.2, 0.25) is 0 Å². The molecule has 1 amide bonds. The van der Waals surface area contributed by atoms with Crippen molar-refractivity contribution < 1.29 is 4.79 Å². The smallest absolute Gasteiger partial charge is 0.254 e. The molecule has 30 heavy (non-hydrogen) atoms. The van der Waals surface area contributed by atoms with Crippen LogP contribution in [-0.2, 0) is 6.54 Å².